The van der Waals surface area contributed by atoms with Crippen LogP contribution in [0.5, 0.6) is 0 Å². The van der Waals surface area contributed by atoms with Gasteiger partial charge in [-0.2, -0.15) is 0 Å². The molecule has 0 saturated carbocycles. The van der Waals surface area contributed by atoms with Gasteiger partial charge in [-0.05, 0) is 19.1 Å². The number of aromatic nitrogens is 2. The Morgan fingerprint density at radius 2 is 1.85 bits per heavy atom. The molecule has 1 aromatic carbocycles. The third kappa shape index (κ3) is 6.06. The molecule has 0 spiro atoms. The van der Waals surface area contributed by atoms with Gasteiger partial charge in [-0.15, -0.1) is 35.3 Å². The zero-order chi connectivity index (χ0) is 17.3. The maximum atomic E-state index is 4.67. The molecule has 0 aliphatic carbocycles. The number of guanidine groups is 1. The molecule has 5 nitrogen and oxygen atoms in total. The molecule has 7 heteroatoms. The zero-order valence-corrected chi connectivity index (χ0v) is 17.7. The fourth-order valence-corrected chi connectivity index (χ4v) is 3.09. The van der Waals surface area contributed by atoms with Gasteiger partial charge in [0, 0.05) is 23.7 Å². The van der Waals surface area contributed by atoms with Crippen LogP contribution in [0.1, 0.15) is 18.3 Å². The number of rotatable bonds is 6. The Hall–Kier alpha value is -2.00. The Balaban J connectivity index is 0.00000243. The Morgan fingerprint density at radius 1 is 1.04 bits per heavy atom. The van der Waals surface area contributed by atoms with Crippen LogP contribution >= 0.6 is 35.3 Å². The number of halogens is 1. The highest BCUT2D eigenvalue weighted by molar-refractivity contribution is 14.0. The average Bonchev–Trinajstić information content (AvgIpc) is 3.15. The molecule has 136 valence electrons. The Morgan fingerprint density at radius 3 is 2.58 bits per heavy atom. The first-order chi connectivity index (χ1) is 12.3. The first-order valence-electron chi connectivity index (χ1n) is 8.27. The van der Waals surface area contributed by atoms with Crippen LogP contribution in [0.25, 0.3) is 10.6 Å². The van der Waals surface area contributed by atoms with E-state index in [0.717, 1.165) is 34.5 Å². The van der Waals surface area contributed by atoms with Crippen molar-refractivity contribution >= 4 is 41.3 Å². The zero-order valence-electron chi connectivity index (χ0n) is 14.6. The van der Waals surface area contributed by atoms with E-state index in [1.54, 1.807) is 17.5 Å². The summed E-state index contributed by atoms with van der Waals surface area (Å²) in [6.07, 6.45) is 1.79. The second kappa shape index (κ2) is 10.9. The molecule has 2 aromatic heterocycles. The summed E-state index contributed by atoms with van der Waals surface area (Å²) < 4.78 is 0. The van der Waals surface area contributed by atoms with E-state index >= 15 is 0 Å². The molecule has 0 radical (unpaired) electrons. The van der Waals surface area contributed by atoms with E-state index in [1.807, 2.05) is 43.3 Å². The first-order valence-corrected chi connectivity index (χ1v) is 9.15. The molecule has 3 rings (SSSR count). The lowest BCUT2D eigenvalue weighted by molar-refractivity contribution is 0.797. The van der Waals surface area contributed by atoms with Crippen LogP contribution in [-0.4, -0.2) is 22.5 Å². The van der Waals surface area contributed by atoms with E-state index < -0.39 is 0 Å². The largest absolute Gasteiger partial charge is 0.357 e. The van der Waals surface area contributed by atoms with Crippen LogP contribution in [0.15, 0.2) is 65.1 Å². The fraction of sp³-hybridized carbons (Fsp3) is 0.211. The van der Waals surface area contributed by atoms with Crippen LogP contribution in [0, 0.1) is 0 Å². The molecule has 2 N–H and O–H groups in total. The van der Waals surface area contributed by atoms with Crippen LogP contribution in [0.2, 0.25) is 0 Å². The highest BCUT2D eigenvalue weighted by Gasteiger charge is 2.05. The van der Waals surface area contributed by atoms with Crippen LogP contribution in [0.4, 0.5) is 0 Å². The monoisotopic (exact) mass is 479 g/mol. The van der Waals surface area contributed by atoms with Gasteiger partial charge in [0.1, 0.15) is 5.01 Å². The lowest BCUT2D eigenvalue weighted by Crippen LogP contribution is -2.37. The summed E-state index contributed by atoms with van der Waals surface area (Å²) in [6, 6.07) is 16.1. The first kappa shape index (κ1) is 20.3. The second-order valence-corrected chi connectivity index (χ2v) is 6.24. The molecule has 0 aliphatic heterocycles. The number of benzene rings is 1. The molecule has 0 atom stereocenters. The van der Waals surface area contributed by atoms with Crippen molar-refractivity contribution in [1.82, 2.24) is 20.6 Å². The lowest BCUT2D eigenvalue weighted by atomic mass is 10.2. The van der Waals surface area contributed by atoms with Gasteiger partial charge in [0.25, 0.3) is 0 Å². The molecule has 0 fully saturated rings. The Kier molecular flexibility index (Phi) is 8.49. The summed E-state index contributed by atoms with van der Waals surface area (Å²) in [7, 11) is 0. The molecule has 0 amide bonds. The van der Waals surface area contributed by atoms with Crippen LogP contribution in [-0.2, 0) is 13.1 Å². The molecular weight excluding hydrogens is 457 g/mol. The van der Waals surface area contributed by atoms with Crippen molar-refractivity contribution in [2.45, 2.75) is 20.0 Å². The number of hydrogen-bond acceptors (Lipinski definition) is 4. The highest BCUT2D eigenvalue weighted by atomic mass is 127. The number of hydrogen-bond donors (Lipinski definition) is 2. The van der Waals surface area contributed by atoms with Crippen molar-refractivity contribution in [3.05, 3.63) is 71.5 Å². The minimum Gasteiger partial charge on any atom is -0.357 e. The van der Waals surface area contributed by atoms with Crippen LogP contribution in [0.3, 0.4) is 0 Å². The summed E-state index contributed by atoms with van der Waals surface area (Å²) in [5.41, 5.74) is 3.09. The van der Waals surface area contributed by atoms with Crippen molar-refractivity contribution in [3.63, 3.8) is 0 Å². The van der Waals surface area contributed by atoms with Crippen molar-refractivity contribution in [2.75, 3.05) is 6.54 Å². The van der Waals surface area contributed by atoms with Gasteiger partial charge in [0.2, 0.25) is 0 Å². The second-order valence-electron chi connectivity index (χ2n) is 5.38. The summed E-state index contributed by atoms with van der Waals surface area (Å²) >= 11 is 1.65. The maximum Gasteiger partial charge on any atom is 0.191 e. The number of aliphatic imine (C=N–C) groups is 1. The van der Waals surface area contributed by atoms with Gasteiger partial charge < -0.3 is 10.6 Å². The predicted octanol–water partition coefficient (Wildman–Crippen LogP) is 4.08. The van der Waals surface area contributed by atoms with E-state index in [-0.39, 0.29) is 24.0 Å². The van der Waals surface area contributed by atoms with E-state index in [0.29, 0.717) is 13.1 Å². The minimum absolute atomic E-state index is 0. The van der Waals surface area contributed by atoms with Crippen molar-refractivity contribution in [3.8, 4) is 10.6 Å². The Bertz CT molecular complexity index is 805. The van der Waals surface area contributed by atoms with E-state index in [9.17, 15) is 0 Å². The molecular formula is C19H22IN5S. The highest BCUT2D eigenvalue weighted by Crippen LogP contribution is 2.23. The summed E-state index contributed by atoms with van der Waals surface area (Å²) in [4.78, 5) is 13.6. The molecule has 3 aromatic rings. The van der Waals surface area contributed by atoms with Gasteiger partial charge in [0.15, 0.2) is 5.96 Å². The topological polar surface area (TPSA) is 62.2 Å². The predicted molar refractivity (Wildman–Crippen MR) is 119 cm³/mol. The standard InChI is InChI=1S/C19H21N5S.HI/c1-2-20-19(22-12-16-10-6-7-11-21-16)23-13-17-14-25-18(24-17)15-8-4-3-5-9-15;/h3-11,14H,2,12-13H2,1H3,(H2,20,22,23);1H. The van der Waals surface area contributed by atoms with E-state index in [2.05, 4.69) is 43.1 Å². The SMILES string of the molecule is CCNC(=NCc1csc(-c2ccccc2)n1)NCc1ccccn1.I. The quantitative estimate of drug-likeness (QED) is 0.318. The number of pyridine rings is 1. The summed E-state index contributed by atoms with van der Waals surface area (Å²) in [5.74, 6) is 0.766. The average molecular weight is 479 g/mol. The van der Waals surface area contributed by atoms with Crippen molar-refractivity contribution in [2.24, 2.45) is 4.99 Å². The third-order valence-corrected chi connectivity index (χ3v) is 4.42. The smallest absolute Gasteiger partial charge is 0.191 e. The maximum absolute atomic E-state index is 4.67. The van der Waals surface area contributed by atoms with Gasteiger partial charge >= 0.3 is 0 Å². The minimum atomic E-state index is 0. The number of nitrogens with one attached hydrogen (secondary N) is 2. The van der Waals surface area contributed by atoms with E-state index in [1.165, 1.54) is 0 Å². The van der Waals surface area contributed by atoms with Gasteiger partial charge in [0.05, 0.1) is 24.5 Å². The molecule has 2 heterocycles. The van der Waals surface area contributed by atoms with Gasteiger partial charge in [-0.25, -0.2) is 9.98 Å². The summed E-state index contributed by atoms with van der Waals surface area (Å²) in [5, 5.41) is 9.63. The molecule has 0 saturated heterocycles. The number of nitrogens with zero attached hydrogens (tertiary/aromatic N) is 3. The Labute approximate surface area is 175 Å². The number of thiazole rings is 1. The molecule has 0 aliphatic rings. The van der Waals surface area contributed by atoms with Crippen molar-refractivity contribution in [1.29, 1.82) is 0 Å². The van der Waals surface area contributed by atoms with Gasteiger partial charge in [-0.3, -0.25) is 4.98 Å². The van der Waals surface area contributed by atoms with Gasteiger partial charge in [-0.1, -0.05) is 36.4 Å². The normalized spacial score (nSPS) is 10.9. The molecule has 0 unspecified atom stereocenters. The van der Waals surface area contributed by atoms with Crippen molar-refractivity contribution < 1.29 is 0 Å². The van der Waals surface area contributed by atoms with Crippen LogP contribution < -0.4 is 10.6 Å². The van der Waals surface area contributed by atoms with E-state index in [4.69, 9.17) is 0 Å². The lowest BCUT2D eigenvalue weighted by Gasteiger charge is -2.10. The molecule has 26 heavy (non-hydrogen) atoms. The fourth-order valence-electron chi connectivity index (χ4n) is 2.27. The third-order valence-electron chi connectivity index (χ3n) is 3.48. The molecule has 0 bridgehead atoms. The summed E-state index contributed by atoms with van der Waals surface area (Å²) in [6.45, 7) is 4.04.